The third kappa shape index (κ3) is 3.21. The van der Waals surface area contributed by atoms with E-state index in [-0.39, 0.29) is 11.4 Å². The van der Waals surface area contributed by atoms with E-state index < -0.39 is 10.0 Å². The summed E-state index contributed by atoms with van der Waals surface area (Å²) >= 11 is 0. The molecule has 1 aromatic heterocycles. The number of hydrogen-bond acceptors (Lipinski definition) is 5. The largest absolute Gasteiger partial charge is 0.326 e. The standard InChI is InChI=1S/C12H17N5O2S/c1-2-17-9-14-16-12(17)8-15-20(18,19)11-5-3-10(7-13)4-6-11/h3-6,9,15H,2,7-8,13H2,1H3. The minimum atomic E-state index is -3.56. The number of rotatable bonds is 6. The fourth-order valence-corrected chi connectivity index (χ4v) is 2.71. The van der Waals surface area contributed by atoms with Crippen molar-refractivity contribution in [1.29, 1.82) is 0 Å². The molecule has 2 aromatic rings. The number of nitrogens with zero attached hydrogens (tertiary/aromatic N) is 3. The number of hydrogen-bond donors (Lipinski definition) is 2. The van der Waals surface area contributed by atoms with Crippen LogP contribution in [-0.4, -0.2) is 23.2 Å². The van der Waals surface area contributed by atoms with Gasteiger partial charge in [0, 0.05) is 13.1 Å². The Bertz CT molecular complexity index is 663. The Labute approximate surface area is 117 Å². The lowest BCUT2D eigenvalue weighted by atomic mass is 10.2. The third-order valence-electron chi connectivity index (χ3n) is 2.93. The van der Waals surface area contributed by atoms with Crippen LogP contribution < -0.4 is 10.5 Å². The Morgan fingerprint density at radius 3 is 2.60 bits per heavy atom. The van der Waals surface area contributed by atoms with Crippen LogP contribution in [0.4, 0.5) is 0 Å². The van der Waals surface area contributed by atoms with Crippen LogP contribution in [0.3, 0.4) is 0 Å². The van der Waals surface area contributed by atoms with E-state index in [1.54, 1.807) is 23.0 Å². The molecule has 20 heavy (non-hydrogen) atoms. The van der Waals surface area contributed by atoms with Gasteiger partial charge in [0.05, 0.1) is 11.4 Å². The molecule has 1 heterocycles. The van der Waals surface area contributed by atoms with E-state index in [1.165, 1.54) is 12.1 Å². The van der Waals surface area contributed by atoms with Crippen LogP contribution in [0.2, 0.25) is 0 Å². The maximum absolute atomic E-state index is 12.1. The molecule has 0 saturated carbocycles. The van der Waals surface area contributed by atoms with Gasteiger partial charge in [0.25, 0.3) is 0 Å². The molecule has 3 N–H and O–H groups in total. The first-order chi connectivity index (χ1) is 9.56. The van der Waals surface area contributed by atoms with Crippen molar-refractivity contribution in [2.45, 2.75) is 31.5 Å². The zero-order valence-corrected chi connectivity index (χ0v) is 12.0. The van der Waals surface area contributed by atoms with E-state index in [1.807, 2.05) is 6.92 Å². The average molecular weight is 295 g/mol. The van der Waals surface area contributed by atoms with E-state index in [4.69, 9.17) is 5.73 Å². The summed E-state index contributed by atoms with van der Waals surface area (Å²) in [6.45, 7) is 3.12. The van der Waals surface area contributed by atoms with Gasteiger partial charge in [0.15, 0.2) is 0 Å². The summed E-state index contributed by atoms with van der Waals surface area (Å²) in [5.41, 5.74) is 6.36. The van der Waals surface area contributed by atoms with Crippen LogP contribution in [0.1, 0.15) is 18.3 Å². The number of benzene rings is 1. The highest BCUT2D eigenvalue weighted by Crippen LogP contribution is 2.10. The van der Waals surface area contributed by atoms with Crippen molar-refractivity contribution in [2.24, 2.45) is 5.73 Å². The van der Waals surface area contributed by atoms with Gasteiger partial charge in [0.2, 0.25) is 10.0 Å². The topological polar surface area (TPSA) is 103 Å². The number of nitrogens with two attached hydrogens (primary N) is 1. The van der Waals surface area contributed by atoms with Gasteiger partial charge >= 0.3 is 0 Å². The first kappa shape index (κ1) is 14.6. The van der Waals surface area contributed by atoms with Crippen LogP contribution in [-0.2, 0) is 29.7 Å². The molecular formula is C12H17N5O2S. The van der Waals surface area contributed by atoms with Crippen molar-refractivity contribution >= 4 is 10.0 Å². The molecule has 0 aliphatic rings. The monoisotopic (exact) mass is 295 g/mol. The second kappa shape index (κ2) is 6.12. The third-order valence-corrected chi connectivity index (χ3v) is 4.34. The molecule has 0 spiro atoms. The summed E-state index contributed by atoms with van der Waals surface area (Å²) in [5.74, 6) is 0.578. The highest BCUT2D eigenvalue weighted by molar-refractivity contribution is 7.89. The van der Waals surface area contributed by atoms with Crippen molar-refractivity contribution < 1.29 is 8.42 Å². The van der Waals surface area contributed by atoms with Crippen molar-refractivity contribution in [1.82, 2.24) is 19.5 Å². The number of aryl methyl sites for hydroxylation is 1. The van der Waals surface area contributed by atoms with Gasteiger partial charge in [-0.15, -0.1) is 10.2 Å². The van der Waals surface area contributed by atoms with Gasteiger partial charge in [-0.1, -0.05) is 12.1 Å². The summed E-state index contributed by atoms with van der Waals surface area (Å²) in [7, 11) is -3.56. The molecule has 1 aromatic carbocycles. The van der Waals surface area contributed by atoms with Gasteiger partial charge in [-0.2, -0.15) is 0 Å². The van der Waals surface area contributed by atoms with Gasteiger partial charge in [-0.3, -0.25) is 0 Å². The van der Waals surface area contributed by atoms with Gasteiger partial charge < -0.3 is 10.3 Å². The second-order valence-electron chi connectivity index (χ2n) is 4.21. The zero-order chi connectivity index (χ0) is 14.6. The Hall–Kier alpha value is -1.77. The molecule has 0 amide bonds. The van der Waals surface area contributed by atoms with E-state index in [2.05, 4.69) is 14.9 Å². The Morgan fingerprint density at radius 2 is 2.00 bits per heavy atom. The Balaban J connectivity index is 2.10. The molecule has 0 aliphatic carbocycles. The predicted molar refractivity (Wildman–Crippen MR) is 74.1 cm³/mol. The zero-order valence-electron chi connectivity index (χ0n) is 11.2. The number of nitrogens with one attached hydrogen (secondary N) is 1. The highest BCUT2D eigenvalue weighted by atomic mass is 32.2. The lowest BCUT2D eigenvalue weighted by Gasteiger charge is -2.07. The maximum atomic E-state index is 12.1. The lowest BCUT2D eigenvalue weighted by molar-refractivity contribution is 0.575. The summed E-state index contributed by atoms with van der Waals surface area (Å²) in [4.78, 5) is 0.206. The maximum Gasteiger partial charge on any atom is 0.240 e. The van der Waals surface area contributed by atoms with Crippen LogP contribution in [0.5, 0.6) is 0 Å². The lowest BCUT2D eigenvalue weighted by Crippen LogP contribution is -2.25. The first-order valence-corrected chi connectivity index (χ1v) is 7.70. The van der Waals surface area contributed by atoms with E-state index in [0.717, 1.165) is 5.56 Å². The molecule has 7 nitrogen and oxygen atoms in total. The minimum absolute atomic E-state index is 0.106. The minimum Gasteiger partial charge on any atom is -0.326 e. The van der Waals surface area contributed by atoms with Gasteiger partial charge in [-0.25, -0.2) is 13.1 Å². The number of sulfonamides is 1. The van der Waals surface area contributed by atoms with Crippen LogP contribution in [0.15, 0.2) is 35.5 Å². The fraction of sp³-hybridized carbons (Fsp3) is 0.333. The van der Waals surface area contributed by atoms with Gasteiger partial charge in [0.1, 0.15) is 12.2 Å². The molecule has 2 rings (SSSR count). The Morgan fingerprint density at radius 1 is 1.30 bits per heavy atom. The summed E-state index contributed by atoms with van der Waals surface area (Å²) in [5, 5.41) is 7.63. The fourth-order valence-electron chi connectivity index (χ4n) is 1.73. The molecule has 0 bridgehead atoms. The van der Waals surface area contributed by atoms with E-state index in [0.29, 0.717) is 18.9 Å². The van der Waals surface area contributed by atoms with E-state index >= 15 is 0 Å². The molecule has 108 valence electrons. The molecule has 0 saturated heterocycles. The molecule has 0 atom stereocenters. The molecule has 8 heteroatoms. The second-order valence-corrected chi connectivity index (χ2v) is 5.97. The van der Waals surface area contributed by atoms with Crippen molar-refractivity contribution in [3.63, 3.8) is 0 Å². The molecule has 0 aliphatic heterocycles. The Kier molecular flexibility index (Phi) is 4.48. The summed E-state index contributed by atoms with van der Waals surface area (Å²) < 4.78 is 28.5. The number of aromatic nitrogens is 3. The van der Waals surface area contributed by atoms with Gasteiger partial charge in [-0.05, 0) is 24.6 Å². The van der Waals surface area contributed by atoms with Crippen LogP contribution in [0, 0.1) is 0 Å². The van der Waals surface area contributed by atoms with Crippen LogP contribution >= 0.6 is 0 Å². The van der Waals surface area contributed by atoms with Crippen LogP contribution in [0.25, 0.3) is 0 Å². The molecule has 0 fully saturated rings. The summed E-state index contributed by atoms with van der Waals surface area (Å²) in [6.07, 6.45) is 1.57. The van der Waals surface area contributed by atoms with Crippen molar-refractivity contribution in [3.8, 4) is 0 Å². The quantitative estimate of drug-likeness (QED) is 0.794. The highest BCUT2D eigenvalue weighted by Gasteiger charge is 2.15. The van der Waals surface area contributed by atoms with E-state index in [9.17, 15) is 8.42 Å². The SMILES string of the molecule is CCn1cnnc1CNS(=O)(=O)c1ccc(CN)cc1. The first-order valence-electron chi connectivity index (χ1n) is 6.22. The average Bonchev–Trinajstić information content (AvgIpc) is 2.93. The smallest absolute Gasteiger partial charge is 0.240 e. The van der Waals surface area contributed by atoms with Crippen molar-refractivity contribution in [3.05, 3.63) is 42.0 Å². The molecular weight excluding hydrogens is 278 g/mol. The van der Waals surface area contributed by atoms with Crippen molar-refractivity contribution in [2.75, 3.05) is 0 Å². The molecule has 0 unspecified atom stereocenters. The normalized spacial score (nSPS) is 11.7. The molecule has 0 radical (unpaired) electrons. The summed E-state index contributed by atoms with van der Waals surface area (Å²) in [6, 6.07) is 6.47. The predicted octanol–water partition coefficient (Wildman–Crippen LogP) is 0.235.